The van der Waals surface area contributed by atoms with Gasteiger partial charge in [0.1, 0.15) is 0 Å². The van der Waals surface area contributed by atoms with Gasteiger partial charge in [-0.2, -0.15) is 0 Å². The molecule has 0 atom stereocenters. The second-order valence-corrected chi connectivity index (χ2v) is 9.61. The summed E-state index contributed by atoms with van der Waals surface area (Å²) in [7, 11) is 3.23. The fraction of sp³-hybridized carbons (Fsp3) is 0.321. The fourth-order valence-corrected chi connectivity index (χ4v) is 4.90. The highest BCUT2D eigenvalue weighted by molar-refractivity contribution is 7.99. The van der Waals surface area contributed by atoms with E-state index in [0.717, 1.165) is 47.0 Å². The van der Waals surface area contributed by atoms with E-state index in [9.17, 15) is 4.79 Å². The van der Waals surface area contributed by atoms with Crippen molar-refractivity contribution in [2.24, 2.45) is 0 Å². The summed E-state index contributed by atoms with van der Waals surface area (Å²) in [6.07, 6.45) is 4.56. The summed E-state index contributed by atoms with van der Waals surface area (Å²) in [5.74, 6) is 3.63. The number of unbranched alkanes of at least 4 members (excludes halogenated alkanes) is 1. The molecular formula is C28H32N4O4S. The quantitative estimate of drug-likeness (QED) is 0.184. The third-order valence-electron chi connectivity index (χ3n) is 5.85. The van der Waals surface area contributed by atoms with E-state index in [-0.39, 0.29) is 5.91 Å². The molecule has 0 bridgehead atoms. The molecule has 0 aliphatic heterocycles. The topological polar surface area (TPSA) is 91.4 Å². The first-order valence-electron chi connectivity index (χ1n) is 12.3. The first-order valence-corrected chi connectivity index (χ1v) is 13.2. The molecule has 2 aromatic heterocycles. The Bertz CT molecular complexity index is 1300. The van der Waals surface area contributed by atoms with E-state index < -0.39 is 0 Å². The Morgan fingerprint density at radius 2 is 1.89 bits per heavy atom. The van der Waals surface area contributed by atoms with Gasteiger partial charge in [-0.05, 0) is 73.7 Å². The minimum absolute atomic E-state index is 0.0634. The van der Waals surface area contributed by atoms with E-state index in [0.29, 0.717) is 36.0 Å². The molecule has 1 N–H and O–H groups in total. The maximum atomic E-state index is 12.3. The van der Waals surface area contributed by atoms with Crippen LogP contribution in [0.3, 0.4) is 0 Å². The number of methoxy groups -OCH3 is 2. The smallest absolute Gasteiger partial charge is 0.220 e. The predicted molar refractivity (Wildman–Crippen MR) is 145 cm³/mol. The third-order valence-corrected chi connectivity index (χ3v) is 6.86. The molecule has 194 valence electrons. The molecule has 9 heteroatoms. The van der Waals surface area contributed by atoms with Crippen molar-refractivity contribution >= 4 is 17.7 Å². The number of hydrogen-bond donors (Lipinski definition) is 1. The number of aromatic nitrogens is 3. The van der Waals surface area contributed by atoms with Crippen molar-refractivity contribution in [2.75, 3.05) is 26.5 Å². The molecule has 0 unspecified atom stereocenters. The molecule has 8 nitrogen and oxygen atoms in total. The van der Waals surface area contributed by atoms with Crippen LogP contribution in [0.5, 0.6) is 11.5 Å². The normalized spacial score (nSPS) is 10.9. The largest absolute Gasteiger partial charge is 0.493 e. The molecule has 4 rings (SSSR count). The Morgan fingerprint density at radius 3 is 2.65 bits per heavy atom. The fourth-order valence-electron chi connectivity index (χ4n) is 3.95. The molecule has 4 aromatic rings. The lowest BCUT2D eigenvalue weighted by Gasteiger charge is -2.10. The molecule has 0 spiro atoms. The number of carbonyl (C=O) groups excluding carboxylic acids is 1. The third kappa shape index (κ3) is 6.95. The van der Waals surface area contributed by atoms with Gasteiger partial charge in [0.2, 0.25) is 11.7 Å². The number of amides is 1. The van der Waals surface area contributed by atoms with Gasteiger partial charge in [0.05, 0.1) is 26.2 Å². The second-order valence-electron chi connectivity index (χ2n) is 8.55. The van der Waals surface area contributed by atoms with Crippen LogP contribution in [-0.4, -0.2) is 47.2 Å². The lowest BCUT2D eigenvalue weighted by molar-refractivity contribution is -0.121. The highest BCUT2D eigenvalue weighted by Gasteiger charge is 2.18. The summed E-state index contributed by atoms with van der Waals surface area (Å²) in [5, 5.41) is 12.6. The Morgan fingerprint density at radius 1 is 1.03 bits per heavy atom. The Balaban J connectivity index is 1.24. The molecule has 0 saturated heterocycles. The summed E-state index contributed by atoms with van der Waals surface area (Å²) in [6.45, 7) is 2.64. The van der Waals surface area contributed by atoms with Crippen LogP contribution < -0.4 is 14.8 Å². The number of aryl methyl sites for hydroxylation is 1. The minimum atomic E-state index is 0.0634. The van der Waals surface area contributed by atoms with E-state index in [1.54, 1.807) is 32.2 Å². The average Bonchev–Trinajstić information content (AvgIpc) is 3.58. The molecule has 0 radical (unpaired) electrons. The number of nitrogens with zero attached hydrogens (tertiary/aromatic N) is 3. The van der Waals surface area contributed by atoms with Gasteiger partial charge in [0.15, 0.2) is 22.4 Å². The zero-order valence-electron chi connectivity index (χ0n) is 21.4. The summed E-state index contributed by atoms with van der Waals surface area (Å²) in [6, 6.07) is 17.8. The second kappa shape index (κ2) is 13.0. The monoisotopic (exact) mass is 520 g/mol. The molecule has 2 aromatic carbocycles. The summed E-state index contributed by atoms with van der Waals surface area (Å²) < 4.78 is 18.2. The molecule has 0 fully saturated rings. The number of hydrogen-bond acceptors (Lipinski definition) is 7. The maximum absolute atomic E-state index is 12.3. The number of thioether (sulfide) groups is 1. The van der Waals surface area contributed by atoms with Crippen molar-refractivity contribution in [1.29, 1.82) is 0 Å². The molecular weight excluding hydrogens is 488 g/mol. The van der Waals surface area contributed by atoms with Gasteiger partial charge in [0, 0.05) is 18.7 Å². The van der Waals surface area contributed by atoms with Crippen LogP contribution in [-0.2, 0) is 11.2 Å². The number of benzene rings is 2. The number of carbonyl (C=O) groups is 1. The van der Waals surface area contributed by atoms with E-state index >= 15 is 0 Å². The van der Waals surface area contributed by atoms with Crippen molar-refractivity contribution in [3.63, 3.8) is 0 Å². The summed E-state index contributed by atoms with van der Waals surface area (Å²) in [5.41, 5.74) is 3.23. The van der Waals surface area contributed by atoms with Crippen LogP contribution in [0, 0.1) is 6.92 Å². The molecule has 0 aliphatic carbocycles. The Kier molecular flexibility index (Phi) is 9.26. The molecule has 0 saturated carbocycles. The average molecular weight is 521 g/mol. The lowest BCUT2D eigenvalue weighted by atomic mass is 10.1. The van der Waals surface area contributed by atoms with Gasteiger partial charge in [-0.3, -0.25) is 9.36 Å². The number of furan rings is 1. The van der Waals surface area contributed by atoms with E-state index in [1.807, 2.05) is 47.0 Å². The van der Waals surface area contributed by atoms with Gasteiger partial charge in [-0.1, -0.05) is 30.0 Å². The molecule has 0 aliphatic rings. The van der Waals surface area contributed by atoms with Gasteiger partial charge in [-0.25, -0.2) is 0 Å². The molecule has 1 amide bonds. The van der Waals surface area contributed by atoms with E-state index in [2.05, 4.69) is 34.6 Å². The summed E-state index contributed by atoms with van der Waals surface area (Å²) in [4.78, 5) is 12.3. The molecule has 37 heavy (non-hydrogen) atoms. The molecule has 2 heterocycles. The van der Waals surface area contributed by atoms with Crippen molar-refractivity contribution in [1.82, 2.24) is 20.1 Å². The zero-order chi connectivity index (χ0) is 26.0. The predicted octanol–water partition coefficient (Wildman–Crippen LogP) is 5.47. The Labute approximate surface area is 221 Å². The van der Waals surface area contributed by atoms with Crippen LogP contribution in [0.15, 0.2) is 70.4 Å². The van der Waals surface area contributed by atoms with Gasteiger partial charge >= 0.3 is 0 Å². The Hall–Kier alpha value is -3.72. The van der Waals surface area contributed by atoms with Crippen molar-refractivity contribution < 1.29 is 18.7 Å². The highest BCUT2D eigenvalue weighted by Crippen LogP contribution is 2.29. The highest BCUT2D eigenvalue weighted by atomic mass is 32.2. The van der Waals surface area contributed by atoms with Gasteiger partial charge in [0.25, 0.3) is 0 Å². The zero-order valence-corrected chi connectivity index (χ0v) is 22.2. The van der Waals surface area contributed by atoms with Crippen molar-refractivity contribution in [3.05, 3.63) is 72.0 Å². The standard InChI is InChI=1S/C28H32N4O4S/c1-20-8-6-9-22(18-20)32-27(24-10-7-16-36-24)30-31-28(32)37-17-5-4-11-26(33)29-15-14-21-12-13-23(34-2)25(19-21)35-3/h6-10,12-13,16,18-19H,4-5,11,14-15,17H2,1-3H3,(H,29,33). The van der Waals surface area contributed by atoms with Crippen molar-refractivity contribution in [3.8, 4) is 28.8 Å². The van der Waals surface area contributed by atoms with Crippen LogP contribution in [0.4, 0.5) is 0 Å². The van der Waals surface area contributed by atoms with Gasteiger partial charge < -0.3 is 19.2 Å². The van der Waals surface area contributed by atoms with Crippen LogP contribution in [0.25, 0.3) is 17.3 Å². The SMILES string of the molecule is COc1ccc(CCNC(=O)CCCCSc2nnc(-c3ccco3)n2-c2cccc(C)c2)cc1OC. The first kappa shape index (κ1) is 26.3. The van der Waals surface area contributed by atoms with Gasteiger partial charge in [-0.15, -0.1) is 10.2 Å². The minimum Gasteiger partial charge on any atom is -0.493 e. The lowest BCUT2D eigenvalue weighted by Crippen LogP contribution is -2.25. The van der Waals surface area contributed by atoms with Crippen molar-refractivity contribution in [2.45, 2.75) is 37.8 Å². The van der Waals surface area contributed by atoms with Crippen LogP contribution >= 0.6 is 11.8 Å². The summed E-state index contributed by atoms with van der Waals surface area (Å²) >= 11 is 1.63. The van der Waals surface area contributed by atoms with Crippen LogP contribution in [0.2, 0.25) is 0 Å². The van der Waals surface area contributed by atoms with Crippen LogP contribution in [0.1, 0.15) is 30.4 Å². The number of ether oxygens (including phenoxy) is 2. The number of rotatable bonds is 13. The number of nitrogens with one attached hydrogen (secondary N) is 1. The van der Waals surface area contributed by atoms with E-state index in [1.165, 1.54) is 0 Å². The maximum Gasteiger partial charge on any atom is 0.220 e. The van der Waals surface area contributed by atoms with E-state index in [4.69, 9.17) is 13.9 Å². The first-order chi connectivity index (χ1) is 18.1.